The second-order valence-corrected chi connectivity index (χ2v) is 10.2. The van der Waals surface area contributed by atoms with Crippen molar-refractivity contribution in [1.82, 2.24) is 15.5 Å². The van der Waals surface area contributed by atoms with Crippen molar-refractivity contribution in [3.63, 3.8) is 0 Å². The predicted molar refractivity (Wildman–Crippen MR) is 131 cm³/mol. The zero-order chi connectivity index (χ0) is 27.0. The van der Waals surface area contributed by atoms with Crippen molar-refractivity contribution in [3.05, 3.63) is 35.9 Å². The molecule has 1 aliphatic heterocycles. The summed E-state index contributed by atoms with van der Waals surface area (Å²) in [5.74, 6) is -2.00. The quantitative estimate of drug-likeness (QED) is 0.206. The smallest absolute Gasteiger partial charge is 0.404 e. The number of phosphoric acid groups is 1. The fraction of sp³-hybridized carbons (Fsp3) is 0.478. The van der Waals surface area contributed by atoms with Gasteiger partial charge in [0.05, 0.1) is 0 Å². The van der Waals surface area contributed by atoms with Crippen molar-refractivity contribution >= 4 is 37.5 Å². The lowest BCUT2D eigenvalue weighted by atomic mass is 10.0. The topological polar surface area (TPSA) is 188 Å². The number of nitrogens with two attached hydrogens (primary N) is 1. The third kappa shape index (κ3) is 9.10. The van der Waals surface area contributed by atoms with E-state index in [1.54, 1.807) is 0 Å². The average Bonchev–Trinajstić information content (AvgIpc) is 3.26. The Labute approximate surface area is 209 Å². The minimum atomic E-state index is -4.67. The molecule has 1 fully saturated rings. The Hall–Kier alpha value is -3.21. The first-order chi connectivity index (χ1) is 16.8. The summed E-state index contributed by atoms with van der Waals surface area (Å²) in [6, 6.07) is 3.22. The van der Waals surface area contributed by atoms with Crippen LogP contribution in [0.15, 0.2) is 30.3 Å². The minimum Gasteiger partial charge on any atom is -0.404 e. The van der Waals surface area contributed by atoms with E-state index in [-0.39, 0.29) is 17.6 Å². The first-order valence-electron chi connectivity index (χ1n) is 11.5. The number of primary amides is 1. The molecule has 0 aliphatic carbocycles. The number of rotatable bonds is 11. The molecule has 36 heavy (non-hydrogen) atoms. The van der Waals surface area contributed by atoms with E-state index >= 15 is 0 Å². The van der Waals surface area contributed by atoms with Gasteiger partial charge < -0.3 is 25.8 Å². The molecule has 198 valence electrons. The van der Waals surface area contributed by atoms with Gasteiger partial charge in [-0.15, -0.1) is 0 Å². The molecule has 0 saturated carbocycles. The van der Waals surface area contributed by atoms with E-state index in [0.29, 0.717) is 31.4 Å². The van der Waals surface area contributed by atoms with Crippen LogP contribution in [-0.2, 0) is 23.7 Å². The zero-order valence-corrected chi connectivity index (χ0v) is 21.3. The molecule has 0 aromatic heterocycles. The summed E-state index contributed by atoms with van der Waals surface area (Å²) in [5, 5.41) is 5.23. The van der Waals surface area contributed by atoms with Crippen LogP contribution < -0.4 is 20.9 Å². The monoisotopic (exact) mass is 524 g/mol. The number of benzene rings is 1. The Morgan fingerprint density at radius 3 is 2.36 bits per heavy atom. The van der Waals surface area contributed by atoms with Gasteiger partial charge in [-0.25, -0.2) is 4.57 Å². The SMILES string of the molecule is CC(C)C[C@H](NC(=O)/C=C/c1ccc(OP(=O)(O)O)cc1)C(=O)N1CCC[C@H]1C(=O)N[C@@H](C)C(N)=O. The van der Waals surface area contributed by atoms with E-state index in [2.05, 4.69) is 15.2 Å². The summed E-state index contributed by atoms with van der Waals surface area (Å²) >= 11 is 0. The molecule has 2 rings (SSSR count). The van der Waals surface area contributed by atoms with Crippen LogP contribution in [0.1, 0.15) is 45.6 Å². The van der Waals surface area contributed by atoms with Crippen LogP contribution in [-0.4, -0.2) is 63.0 Å². The van der Waals surface area contributed by atoms with E-state index in [1.807, 2.05) is 13.8 Å². The van der Waals surface area contributed by atoms with Gasteiger partial charge >= 0.3 is 7.82 Å². The van der Waals surface area contributed by atoms with Gasteiger partial charge in [0, 0.05) is 12.6 Å². The Morgan fingerprint density at radius 1 is 1.17 bits per heavy atom. The maximum atomic E-state index is 13.3. The highest BCUT2D eigenvalue weighted by Gasteiger charge is 2.38. The van der Waals surface area contributed by atoms with Gasteiger partial charge in [0.15, 0.2) is 0 Å². The third-order valence-corrected chi connectivity index (χ3v) is 5.93. The molecule has 12 nitrogen and oxygen atoms in total. The van der Waals surface area contributed by atoms with Crippen molar-refractivity contribution in [1.29, 1.82) is 0 Å². The first-order valence-corrected chi connectivity index (χ1v) is 13.0. The summed E-state index contributed by atoms with van der Waals surface area (Å²) in [7, 11) is -4.67. The molecular formula is C23H33N4O8P. The van der Waals surface area contributed by atoms with Crippen LogP contribution in [0.3, 0.4) is 0 Å². The third-order valence-electron chi connectivity index (χ3n) is 5.48. The number of nitrogens with one attached hydrogen (secondary N) is 2. The standard InChI is InChI=1S/C23H33N4O8P/c1-14(2)13-18(23(31)27-12-4-5-19(27)22(30)25-15(3)21(24)29)26-20(28)11-8-16-6-9-17(10-7-16)35-36(32,33)34/h6-11,14-15,18-19H,4-5,12-13H2,1-3H3,(H2,24,29)(H,25,30)(H,26,28)(H2,32,33,34)/b11-8+/t15-,18-,19-/m0/s1. The van der Waals surface area contributed by atoms with Crippen LogP contribution in [0.2, 0.25) is 0 Å². The van der Waals surface area contributed by atoms with Gasteiger partial charge in [-0.05, 0) is 55.9 Å². The Morgan fingerprint density at radius 2 is 1.81 bits per heavy atom. The molecule has 1 aromatic carbocycles. The Kier molecular flexibility index (Phi) is 10.2. The number of hydrogen-bond acceptors (Lipinski definition) is 6. The molecule has 0 unspecified atom stereocenters. The molecule has 1 saturated heterocycles. The molecule has 1 heterocycles. The van der Waals surface area contributed by atoms with Crippen molar-refractivity contribution in [3.8, 4) is 5.75 Å². The summed E-state index contributed by atoms with van der Waals surface area (Å²) < 4.78 is 15.4. The van der Waals surface area contributed by atoms with E-state index in [1.165, 1.54) is 48.2 Å². The van der Waals surface area contributed by atoms with Gasteiger partial charge in [0.25, 0.3) is 0 Å². The number of amides is 4. The highest BCUT2D eigenvalue weighted by molar-refractivity contribution is 7.46. The number of hydrogen-bond donors (Lipinski definition) is 5. The largest absolute Gasteiger partial charge is 0.524 e. The van der Waals surface area contributed by atoms with E-state index < -0.39 is 43.7 Å². The van der Waals surface area contributed by atoms with Crippen LogP contribution in [0.25, 0.3) is 6.08 Å². The van der Waals surface area contributed by atoms with Crippen molar-refractivity contribution in [2.24, 2.45) is 11.7 Å². The number of carbonyl (C=O) groups excluding carboxylic acids is 4. The number of likely N-dealkylation sites (tertiary alicyclic amines) is 1. The fourth-order valence-corrected chi connectivity index (χ4v) is 4.14. The maximum absolute atomic E-state index is 13.3. The minimum absolute atomic E-state index is 0.0260. The lowest BCUT2D eigenvalue weighted by Gasteiger charge is -2.29. The summed E-state index contributed by atoms with van der Waals surface area (Å²) in [6.45, 7) is 5.64. The molecular weight excluding hydrogens is 491 g/mol. The van der Waals surface area contributed by atoms with Crippen LogP contribution >= 0.6 is 7.82 Å². The number of phosphoric ester groups is 1. The lowest BCUT2D eigenvalue weighted by Crippen LogP contribution is -2.55. The van der Waals surface area contributed by atoms with Gasteiger partial charge in [-0.1, -0.05) is 26.0 Å². The predicted octanol–water partition coefficient (Wildman–Crippen LogP) is 0.683. The molecule has 1 aromatic rings. The molecule has 6 N–H and O–H groups in total. The van der Waals surface area contributed by atoms with Crippen LogP contribution in [0, 0.1) is 5.92 Å². The molecule has 0 radical (unpaired) electrons. The van der Waals surface area contributed by atoms with Crippen molar-refractivity contribution in [2.45, 2.75) is 58.2 Å². The fourth-order valence-electron chi connectivity index (χ4n) is 3.75. The second kappa shape index (κ2) is 12.7. The maximum Gasteiger partial charge on any atom is 0.524 e. The highest BCUT2D eigenvalue weighted by atomic mass is 31.2. The Balaban J connectivity index is 2.07. The molecule has 13 heteroatoms. The molecule has 0 bridgehead atoms. The van der Waals surface area contributed by atoms with Gasteiger partial charge in [0.2, 0.25) is 23.6 Å². The van der Waals surface area contributed by atoms with Crippen molar-refractivity contribution in [2.75, 3.05) is 6.54 Å². The highest BCUT2D eigenvalue weighted by Crippen LogP contribution is 2.37. The molecule has 1 aliphatic rings. The summed E-state index contributed by atoms with van der Waals surface area (Å²) in [6.07, 6.45) is 4.12. The molecule has 0 spiro atoms. The molecule has 3 atom stereocenters. The lowest BCUT2D eigenvalue weighted by molar-refractivity contribution is -0.141. The van der Waals surface area contributed by atoms with Gasteiger partial charge in [0.1, 0.15) is 23.9 Å². The normalized spacial score (nSPS) is 17.6. The van der Waals surface area contributed by atoms with E-state index in [9.17, 15) is 23.7 Å². The van der Waals surface area contributed by atoms with E-state index in [4.69, 9.17) is 15.5 Å². The molecule has 4 amide bonds. The zero-order valence-electron chi connectivity index (χ0n) is 20.4. The van der Waals surface area contributed by atoms with Crippen molar-refractivity contribution < 1.29 is 38.1 Å². The summed E-state index contributed by atoms with van der Waals surface area (Å²) in [5.41, 5.74) is 5.78. The van der Waals surface area contributed by atoms with E-state index in [0.717, 1.165) is 0 Å². The average molecular weight is 525 g/mol. The Bertz CT molecular complexity index is 1040. The van der Waals surface area contributed by atoms with Crippen LogP contribution in [0.4, 0.5) is 0 Å². The first kappa shape index (κ1) is 29.0. The number of carbonyl (C=O) groups is 4. The number of nitrogens with zero attached hydrogens (tertiary/aromatic N) is 1. The van der Waals surface area contributed by atoms with Gasteiger partial charge in [-0.3, -0.25) is 29.0 Å². The van der Waals surface area contributed by atoms with Gasteiger partial charge in [-0.2, -0.15) is 0 Å². The summed E-state index contributed by atoms with van der Waals surface area (Å²) in [4.78, 5) is 68.9. The second-order valence-electron chi connectivity index (χ2n) is 9.00. The van der Waals surface area contributed by atoms with Crippen LogP contribution in [0.5, 0.6) is 5.75 Å².